The third-order valence-corrected chi connectivity index (χ3v) is 6.01. The SMILES string of the molecule is CN(C1CCCCCC1)S(=O)(=O)c1ccccc1NN. The van der Waals surface area contributed by atoms with Gasteiger partial charge in [0.05, 0.1) is 5.69 Å². The van der Waals surface area contributed by atoms with Crippen molar-refractivity contribution in [3.8, 4) is 0 Å². The second-order valence-corrected chi connectivity index (χ2v) is 7.27. The Balaban J connectivity index is 2.28. The topological polar surface area (TPSA) is 75.4 Å². The highest BCUT2D eigenvalue weighted by Gasteiger charge is 2.29. The molecule has 2 rings (SSSR count). The zero-order valence-electron chi connectivity index (χ0n) is 11.9. The second kappa shape index (κ2) is 6.56. The van der Waals surface area contributed by atoms with E-state index in [4.69, 9.17) is 5.84 Å². The molecule has 0 saturated heterocycles. The summed E-state index contributed by atoms with van der Waals surface area (Å²) in [6.07, 6.45) is 6.47. The molecule has 0 atom stereocenters. The lowest BCUT2D eigenvalue weighted by molar-refractivity contribution is 0.336. The lowest BCUT2D eigenvalue weighted by Gasteiger charge is -2.27. The van der Waals surface area contributed by atoms with Crippen LogP contribution in [0.5, 0.6) is 0 Å². The number of hydrogen-bond donors (Lipinski definition) is 2. The molecule has 0 radical (unpaired) electrons. The molecule has 112 valence electrons. The molecule has 0 bridgehead atoms. The molecule has 1 aliphatic carbocycles. The maximum Gasteiger partial charge on any atom is 0.245 e. The molecular weight excluding hydrogens is 274 g/mol. The van der Waals surface area contributed by atoms with Gasteiger partial charge in [0.1, 0.15) is 4.90 Å². The number of nitrogen functional groups attached to an aromatic ring is 1. The zero-order valence-corrected chi connectivity index (χ0v) is 12.7. The maximum atomic E-state index is 12.8. The van der Waals surface area contributed by atoms with E-state index < -0.39 is 10.0 Å². The molecule has 5 nitrogen and oxygen atoms in total. The van der Waals surface area contributed by atoms with Crippen LogP contribution in [-0.4, -0.2) is 25.8 Å². The third kappa shape index (κ3) is 3.13. The van der Waals surface area contributed by atoms with E-state index in [1.54, 1.807) is 31.3 Å². The Bertz CT molecular complexity index is 537. The summed E-state index contributed by atoms with van der Waals surface area (Å²) in [5, 5.41) is 0. The Morgan fingerprint density at radius 2 is 1.75 bits per heavy atom. The van der Waals surface area contributed by atoms with Crippen LogP contribution in [0, 0.1) is 0 Å². The summed E-state index contributed by atoms with van der Waals surface area (Å²) in [5.74, 6) is 5.42. The van der Waals surface area contributed by atoms with Gasteiger partial charge in [-0.25, -0.2) is 8.42 Å². The smallest absolute Gasteiger partial charge is 0.245 e. The monoisotopic (exact) mass is 297 g/mol. The summed E-state index contributed by atoms with van der Waals surface area (Å²) < 4.78 is 27.0. The highest BCUT2D eigenvalue weighted by molar-refractivity contribution is 7.89. The molecule has 1 fully saturated rings. The van der Waals surface area contributed by atoms with Crippen LogP contribution >= 0.6 is 0 Å². The minimum absolute atomic E-state index is 0.0910. The van der Waals surface area contributed by atoms with E-state index in [0.717, 1.165) is 25.7 Å². The van der Waals surface area contributed by atoms with Crippen molar-refractivity contribution in [2.75, 3.05) is 12.5 Å². The van der Waals surface area contributed by atoms with Gasteiger partial charge in [-0.15, -0.1) is 0 Å². The molecule has 0 aromatic heterocycles. The molecule has 1 aromatic carbocycles. The molecule has 6 heteroatoms. The first kappa shape index (κ1) is 15.3. The maximum absolute atomic E-state index is 12.8. The number of nitrogens with two attached hydrogens (primary N) is 1. The molecule has 0 heterocycles. The Morgan fingerprint density at radius 3 is 2.35 bits per heavy atom. The number of benzene rings is 1. The van der Waals surface area contributed by atoms with E-state index in [1.807, 2.05) is 0 Å². The highest BCUT2D eigenvalue weighted by Crippen LogP contribution is 2.28. The number of nitrogens with zero attached hydrogens (tertiary/aromatic N) is 1. The van der Waals surface area contributed by atoms with Crippen molar-refractivity contribution in [1.29, 1.82) is 0 Å². The molecule has 1 aromatic rings. The number of sulfonamides is 1. The fourth-order valence-electron chi connectivity index (χ4n) is 2.78. The fraction of sp³-hybridized carbons (Fsp3) is 0.571. The summed E-state index contributed by atoms with van der Waals surface area (Å²) >= 11 is 0. The summed E-state index contributed by atoms with van der Waals surface area (Å²) in [4.78, 5) is 0.245. The Labute approximate surface area is 121 Å². The normalized spacial score (nSPS) is 17.9. The Hall–Kier alpha value is -1.11. The average Bonchev–Trinajstić information content (AvgIpc) is 2.75. The number of nitrogens with one attached hydrogen (secondary N) is 1. The standard InChI is InChI=1S/C14H23N3O2S/c1-17(12-8-4-2-3-5-9-12)20(18,19)14-11-7-6-10-13(14)16-15/h6-7,10-12,16H,2-5,8-9,15H2,1H3. The molecule has 1 aliphatic rings. The quantitative estimate of drug-likeness (QED) is 0.508. The van der Waals surface area contributed by atoms with Crippen molar-refractivity contribution in [3.63, 3.8) is 0 Å². The van der Waals surface area contributed by atoms with Crippen LogP contribution in [-0.2, 0) is 10.0 Å². The third-order valence-electron chi connectivity index (χ3n) is 4.04. The number of hydrogen-bond acceptors (Lipinski definition) is 4. The zero-order chi connectivity index (χ0) is 14.6. The molecule has 0 aliphatic heterocycles. The van der Waals surface area contributed by atoms with E-state index in [-0.39, 0.29) is 10.9 Å². The van der Waals surface area contributed by atoms with Crippen molar-refractivity contribution in [2.24, 2.45) is 5.84 Å². The number of hydrazine groups is 1. The molecule has 0 unspecified atom stereocenters. The predicted octanol–water partition coefficient (Wildman–Crippen LogP) is 2.32. The summed E-state index contributed by atoms with van der Waals surface area (Å²) in [6.45, 7) is 0. The number of rotatable bonds is 4. The van der Waals surface area contributed by atoms with Gasteiger partial charge in [0.25, 0.3) is 0 Å². The number of para-hydroxylation sites is 1. The van der Waals surface area contributed by atoms with Gasteiger partial charge in [-0.05, 0) is 25.0 Å². The van der Waals surface area contributed by atoms with Gasteiger partial charge in [0, 0.05) is 13.1 Å². The minimum atomic E-state index is -3.51. The molecule has 0 amide bonds. The van der Waals surface area contributed by atoms with Crippen LogP contribution in [0.15, 0.2) is 29.2 Å². The highest BCUT2D eigenvalue weighted by atomic mass is 32.2. The van der Waals surface area contributed by atoms with Crippen LogP contribution in [0.4, 0.5) is 5.69 Å². The van der Waals surface area contributed by atoms with Gasteiger partial charge >= 0.3 is 0 Å². The fourth-order valence-corrected chi connectivity index (χ4v) is 4.35. The first-order valence-electron chi connectivity index (χ1n) is 7.11. The van der Waals surface area contributed by atoms with Crippen molar-refractivity contribution in [1.82, 2.24) is 4.31 Å². The van der Waals surface area contributed by atoms with Crippen LogP contribution in [0.2, 0.25) is 0 Å². The summed E-state index contributed by atoms with van der Waals surface area (Å²) in [5.41, 5.74) is 2.90. The molecule has 1 saturated carbocycles. The largest absolute Gasteiger partial charge is 0.323 e. The van der Waals surface area contributed by atoms with Crippen molar-refractivity contribution in [2.45, 2.75) is 49.5 Å². The second-order valence-electron chi connectivity index (χ2n) is 5.31. The van der Waals surface area contributed by atoms with Gasteiger partial charge in [0.2, 0.25) is 10.0 Å². The average molecular weight is 297 g/mol. The van der Waals surface area contributed by atoms with Gasteiger partial charge in [0.15, 0.2) is 0 Å². The molecule has 0 spiro atoms. The number of anilines is 1. The van der Waals surface area contributed by atoms with E-state index in [1.165, 1.54) is 17.1 Å². The van der Waals surface area contributed by atoms with Gasteiger partial charge in [-0.1, -0.05) is 37.8 Å². The Morgan fingerprint density at radius 1 is 1.15 bits per heavy atom. The summed E-state index contributed by atoms with van der Waals surface area (Å²) in [7, 11) is -1.83. The molecular formula is C14H23N3O2S. The minimum Gasteiger partial charge on any atom is -0.323 e. The lowest BCUT2D eigenvalue weighted by Crippen LogP contribution is -2.37. The predicted molar refractivity (Wildman–Crippen MR) is 80.7 cm³/mol. The van der Waals surface area contributed by atoms with Gasteiger partial charge in [-0.3, -0.25) is 5.84 Å². The van der Waals surface area contributed by atoms with Gasteiger partial charge < -0.3 is 5.43 Å². The van der Waals surface area contributed by atoms with E-state index in [9.17, 15) is 8.42 Å². The van der Waals surface area contributed by atoms with Crippen LogP contribution in [0.1, 0.15) is 38.5 Å². The molecule has 20 heavy (non-hydrogen) atoms. The van der Waals surface area contributed by atoms with Crippen molar-refractivity contribution < 1.29 is 8.42 Å². The lowest BCUT2D eigenvalue weighted by atomic mass is 10.1. The first-order valence-corrected chi connectivity index (χ1v) is 8.55. The van der Waals surface area contributed by atoms with E-state index in [2.05, 4.69) is 5.43 Å². The van der Waals surface area contributed by atoms with Crippen LogP contribution < -0.4 is 11.3 Å². The van der Waals surface area contributed by atoms with Crippen LogP contribution in [0.3, 0.4) is 0 Å². The van der Waals surface area contributed by atoms with E-state index >= 15 is 0 Å². The van der Waals surface area contributed by atoms with Gasteiger partial charge in [-0.2, -0.15) is 4.31 Å². The molecule has 3 N–H and O–H groups in total. The first-order chi connectivity index (χ1) is 9.57. The van der Waals surface area contributed by atoms with E-state index in [0.29, 0.717) is 5.69 Å². The summed E-state index contributed by atoms with van der Waals surface area (Å²) in [6, 6.07) is 6.84. The van der Waals surface area contributed by atoms with Crippen molar-refractivity contribution in [3.05, 3.63) is 24.3 Å². The Kier molecular flexibility index (Phi) is 5.01. The van der Waals surface area contributed by atoms with Crippen LogP contribution in [0.25, 0.3) is 0 Å². The van der Waals surface area contributed by atoms with Crippen molar-refractivity contribution >= 4 is 15.7 Å².